The number of carboxylic acid groups (broad SMARTS) is 1. The first-order valence-corrected chi connectivity index (χ1v) is 14.4. The molecule has 230 valence electrons. The van der Waals surface area contributed by atoms with Crippen LogP contribution in [0.3, 0.4) is 0 Å². The van der Waals surface area contributed by atoms with Gasteiger partial charge >= 0.3 is 18.3 Å². The average Bonchev–Trinajstić information content (AvgIpc) is 3.45. The number of alkyl halides is 6. The highest BCUT2D eigenvalue weighted by atomic mass is 32.1. The summed E-state index contributed by atoms with van der Waals surface area (Å²) in [4.78, 5) is 29.4. The van der Waals surface area contributed by atoms with Crippen LogP contribution in [0.2, 0.25) is 0 Å². The van der Waals surface area contributed by atoms with Crippen molar-refractivity contribution in [3.8, 4) is 11.3 Å². The van der Waals surface area contributed by atoms with Gasteiger partial charge in [0.1, 0.15) is 0 Å². The highest BCUT2D eigenvalue weighted by Gasteiger charge is 2.37. The van der Waals surface area contributed by atoms with Crippen LogP contribution in [0.4, 0.5) is 31.5 Å². The molecule has 43 heavy (non-hydrogen) atoms. The zero-order valence-corrected chi connectivity index (χ0v) is 23.7. The SMILES string of the molecule is O=C(O)CCNC(=O)c1ccc(CN(CCC2=CCCCC2)c2nc(-c3cc(C(F)(F)F)cc(C(F)(F)F)c3)cs2)cc1. The Labute approximate surface area is 248 Å². The minimum atomic E-state index is -4.96. The molecule has 0 spiro atoms. The van der Waals surface area contributed by atoms with Gasteiger partial charge in [0.25, 0.3) is 5.91 Å². The number of carbonyl (C=O) groups is 2. The van der Waals surface area contributed by atoms with Gasteiger partial charge in [-0.05, 0) is 68.0 Å². The molecule has 0 unspecified atom stereocenters. The van der Waals surface area contributed by atoms with Gasteiger partial charge in [-0.25, -0.2) is 4.98 Å². The normalized spacial score (nSPS) is 13.9. The van der Waals surface area contributed by atoms with Gasteiger partial charge in [0.05, 0.1) is 23.2 Å². The fourth-order valence-electron chi connectivity index (χ4n) is 4.66. The number of thiazole rings is 1. The van der Waals surface area contributed by atoms with Gasteiger partial charge in [-0.15, -0.1) is 11.3 Å². The number of amides is 1. The maximum absolute atomic E-state index is 13.4. The van der Waals surface area contributed by atoms with Crippen molar-refractivity contribution in [2.24, 2.45) is 0 Å². The third-order valence-electron chi connectivity index (χ3n) is 6.95. The second-order valence-electron chi connectivity index (χ2n) is 10.2. The van der Waals surface area contributed by atoms with Crippen LogP contribution in [0.15, 0.2) is 59.5 Å². The van der Waals surface area contributed by atoms with E-state index in [4.69, 9.17) is 5.11 Å². The number of halogens is 6. The number of anilines is 1. The van der Waals surface area contributed by atoms with Gasteiger partial charge < -0.3 is 15.3 Å². The van der Waals surface area contributed by atoms with Gasteiger partial charge in [-0.3, -0.25) is 9.59 Å². The topological polar surface area (TPSA) is 82.5 Å². The van der Waals surface area contributed by atoms with Crippen LogP contribution in [0, 0.1) is 0 Å². The van der Waals surface area contributed by atoms with Crippen LogP contribution in [0.25, 0.3) is 11.3 Å². The molecule has 3 aromatic rings. The summed E-state index contributed by atoms with van der Waals surface area (Å²) in [5.41, 5.74) is -0.650. The Bertz CT molecular complexity index is 1430. The molecule has 0 fully saturated rings. The molecule has 2 aromatic carbocycles. The largest absolute Gasteiger partial charge is 0.481 e. The third kappa shape index (κ3) is 9.06. The molecule has 1 amide bonds. The third-order valence-corrected chi connectivity index (χ3v) is 7.85. The van der Waals surface area contributed by atoms with Crippen LogP contribution >= 0.6 is 11.3 Å². The smallest absolute Gasteiger partial charge is 0.416 e. The van der Waals surface area contributed by atoms with Gasteiger partial charge in [0.15, 0.2) is 5.13 Å². The number of nitrogens with one attached hydrogen (secondary N) is 1. The Morgan fingerprint density at radius 2 is 1.65 bits per heavy atom. The number of benzene rings is 2. The zero-order valence-electron chi connectivity index (χ0n) is 22.9. The fourth-order valence-corrected chi connectivity index (χ4v) is 5.53. The molecular weight excluding hydrogens is 596 g/mol. The lowest BCUT2D eigenvalue weighted by Gasteiger charge is -2.24. The molecule has 0 aliphatic heterocycles. The quantitative estimate of drug-likeness (QED) is 0.167. The van der Waals surface area contributed by atoms with E-state index in [0.717, 1.165) is 49.0 Å². The summed E-state index contributed by atoms with van der Waals surface area (Å²) in [6.07, 6.45) is -3.05. The predicted octanol–water partition coefficient (Wildman–Crippen LogP) is 7.95. The van der Waals surface area contributed by atoms with Crippen LogP contribution in [0.5, 0.6) is 0 Å². The highest BCUT2D eigenvalue weighted by Crippen LogP contribution is 2.39. The summed E-state index contributed by atoms with van der Waals surface area (Å²) < 4.78 is 80.6. The van der Waals surface area contributed by atoms with Crippen molar-refractivity contribution in [2.75, 3.05) is 18.0 Å². The maximum atomic E-state index is 13.4. The van der Waals surface area contributed by atoms with Crippen molar-refractivity contribution in [3.05, 3.63) is 81.7 Å². The molecule has 1 aliphatic rings. The molecule has 0 saturated carbocycles. The molecule has 0 bridgehead atoms. The minimum absolute atomic E-state index is 0.00635. The molecule has 2 N–H and O–H groups in total. The molecular formula is C30H29F6N3O3S. The van der Waals surface area contributed by atoms with Gasteiger partial charge in [0.2, 0.25) is 0 Å². The van der Waals surface area contributed by atoms with Gasteiger partial charge in [-0.1, -0.05) is 23.8 Å². The van der Waals surface area contributed by atoms with Crippen molar-refractivity contribution in [1.29, 1.82) is 0 Å². The Morgan fingerprint density at radius 1 is 0.977 bits per heavy atom. The number of carbonyl (C=O) groups excluding carboxylic acids is 1. The highest BCUT2D eigenvalue weighted by molar-refractivity contribution is 7.14. The van der Waals surface area contributed by atoms with Crippen molar-refractivity contribution in [2.45, 2.75) is 57.4 Å². The molecule has 0 atom stereocenters. The first kappa shape index (κ1) is 32.1. The average molecular weight is 626 g/mol. The monoisotopic (exact) mass is 625 g/mol. The van der Waals surface area contributed by atoms with E-state index in [-0.39, 0.29) is 30.3 Å². The molecule has 1 aliphatic carbocycles. The molecule has 6 nitrogen and oxygen atoms in total. The lowest BCUT2D eigenvalue weighted by molar-refractivity contribution is -0.143. The van der Waals surface area contributed by atoms with E-state index < -0.39 is 35.4 Å². The second-order valence-corrected chi connectivity index (χ2v) is 11.0. The maximum Gasteiger partial charge on any atom is 0.416 e. The van der Waals surface area contributed by atoms with Gasteiger partial charge in [-0.2, -0.15) is 26.3 Å². The van der Waals surface area contributed by atoms with Crippen LogP contribution in [0.1, 0.15) is 65.6 Å². The van der Waals surface area contributed by atoms with Crippen molar-refractivity contribution >= 4 is 28.3 Å². The van der Waals surface area contributed by atoms with E-state index in [1.54, 1.807) is 24.3 Å². The molecule has 1 aromatic heterocycles. The summed E-state index contributed by atoms with van der Waals surface area (Å²) in [5, 5.41) is 13.2. The second kappa shape index (κ2) is 13.6. The number of hydrogen-bond acceptors (Lipinski definition) is 5. The van der Waals surface area contributed by atoms with Crippen molar-refractivity contribution < 1.29 is 41.0 Å². The van der Waals surface area contributed by atoms with E-state index >= 15 is 0 Å². The summed E-state index contributed by atoms with van der Waals surface area (Å²) >= 11 is 1.13. The zero-order chi connectivity index (χ0) is 31.2. The van der Waals surface area contributed by atoms with Crippen LogP contribution in [-0.4, -0.2) is 35.1 Å². The Balaban J connectivity index is 1.58. The van der Waals surface area contributed by atoms with Crippen LogP contribution in [-0.2, 0) is 23.7 Å². The molecule has 4 rings (SSSR count). The van der Waals surface area contributed by atoms with Crippen molar-refractivity contribution in [3.63, 3.8) is 0 Å². The summed E-state index contributed by atoms with van der Waals surface area (Å²) in [6.45, 7) is 0.840. The number of nitrogens with zero attached hydrogens (tertiary/aromatic N) is 2. The first-order chi connectivity index (χ1) is 20.3. The Hall–Kier alpha value is -3.87. The molecule has 0 saturated heterocycles. The number of allylic oxidation sites excluding steroid dienone is 1. The molecule has 0 radical (unpaired) electrons. The number of rotatable bonds is 11. The summed E-state index contributed by atoms with van der Waals surface area (Å²) in [5.74, 6) is -1.45. The number of aromatic nitrogens is 1. The molecule has 13 heteroatoms. The van der Waals surface area contributed by atoms with E-state index in [1.165, 1.54) is 11.0 Å². The van der Waals surface area contributed by atoms with Gasteiger partial charge in [0, 0.05) is 36.1 Å². The standard InChI is InChI=1S/C30H29F6N3O3S/c31-29(32,33)23-14-22(15-24(16-23)30(34,35)36)25-18-43-28(38-25)39(13-11-19-4-2-1-3-5-19)17-20-6-8-21(9-7-20)27(42)37-12-10-26(40)41/h4,6-9,14-16,18H,1-3,5,10-13,17H2,(H,37,42)(H,40,41). The van der Waals surface area contributed by atoms with E-state index in [9.17, 15) is 35.9 Å². The lowest BCUT2D eigenvalue weighted by Crippen LogP contribution is -2.26. The van der Waals surface area contributed by atoms with E-state index in [2.05, 4.69) is 16.4 Å². The molecule has 1 heterocycles. The van der Waals surface area contributed by atoms with Crippen LogP contribution < -0.4 is 10.2 Å². The minimum Gasteiger partial charge on any atom is -0.481 e. The number of hydrogen-bond donors (Lipinski definition) is 2. The lowest BCUT2D eigenvalue weighted by atomic mass is 9.97. The summed E-state index contributed by atoms with van der Waals surface area (Å²) in [6, 6.07) is 8.10. The fraction of sp³-hybridized carbons (Fsp3) is 0.367. The first-order valence-electron chi connectivity index (χ1n) is 13.6. The number of carboxylic acids is 1. The Morgan fingerprint density at radius 3 is 2.23 bits per heavy atom. The Kier molecular flexibility index (Phi) is 10.2. The summed E-state index contributed by atoms with van der Waals surface area (Å²) in [7, 11) is 0. The number of aliphatic carboxylic acids is 1. The van der Waals surface area contributed by atoms with E-state index in [1.807, 2.05) is 4.90 Å². The predicted molar refractivity (Wildman–Crippen MR) is 151 cm³/mol. The van der Waals surface area contributed by atoms with E-state index in [0.29, 0.717) is 35.9 Å². The van der Waals surface area contributed by atoms with Crippen molar-refractivity contribution in [1.82, 2.24) is 10.3 Å².